The molecule has 2 aliphatic rings. The van der Waals surface area contributed by atoms with Crippen LogP contribution in [0.5, 0.6) is 0 Å². The van der Waals surface area contributed by atoms with Crippen molar-refractivity contribution >= 4 is 21.8 Å². The van der Waals surface area contributed by atoms with E-state index in [0.717, 1.165) is 24.8 Å². The third-order valence-electron chi connectivity index (χ3n) is 6.32. The molecular weight excluding hydrogens is 444 g/mol. The monoisotopic (exact) mass is 480 g/mol. The van der Waals surface area contributed by atoms with Gasteiger partial charge in [0, 0.05) is 52.4 Å². The molecule has 0 radical (unpaired) electrons. The molecule has 2 amide bonds. The van der Waals surface area contributed by atoms with Gasteiger partial charge in [-0.25, -0.2) is 8.42 Å². The Labute approximate surface area is 197 Å². The second kappa shape index (κ2) is 12.5. The average Bonchev–Trinajstić information content (AvgIpc) is 2.82. The van der Waals surface area contributed by atoms with Gasteiger partial charge < -0.3 is 15.0 Å². The summed E-state index contributed by atoms with van der Waals surface area (Å²) in [6.07, 6.45) is 2.29. The number of carbonyl (C=O) groups excluding carboxylic acids is 2. The Bertz CT molecular complexity index is 864. The lowest BCUT2D eigenvalue weighted by Gasteiger charge is -2.36. The zero-order chi connectivity index (χ0) is 23.7. The van der Waals surface area contributed by atoms with Gasteiger partial charge in [0.2, 0.25) is 21.8 Å². The van der Waals surface area contributed by atoms with E-state index in [1.54, 1.807) is 12.0 Å². The number of nitrogens with zero attached hydrogens (tertiary/aromatic N) is 3. The largest absolute Gasteiger partial charge is 0.385 e. The molecule has 2 fully saturated rings. The fourth-order valence-electron chi connectivity index (χ4n) is 4.31. The van der Waals surface area contributed by atoms with Crippen LogP contribution in [0.3, 0.4) is 0 Å². The van der Waals surface area contributed by atoms with Crippen molar-refractivity contribution in [3.05, 3.63) is 35.9 Å². The van der Waals surface area contributed by atoms with Crippen molar-refractivity contribution in [1.82, 2.24) is 19.4 Å². The minimum Gasteiger partial charge on any atom is -0.385 e. The predicted octanol–water partition coefficient (Wildman–Crippen LogP) is 0.525. The zero-order valence-corrected chi connectivity index (χ0v) is 20.3. The minimum absolute atomic E-state index is 0.00253. The number of methoxy groups -OCH3 is 1. The Morgan fingerprint density at radius 2 is 1.70 bits per heavy atom. The molecule has 0 bridgehead atoms. The number of likely N-dealkylation sites (tertiary alicyclic amines) is 1. The maximum atomic E-state index is 12.8. The van der Waals surface area contributed by atoms with E-state index < -0.39 is 10.0 Å². The summed E-state index contributed by atoms with van der Waals surface area (Å²) in [7, 11) is -1.75. The number of sulfonamides is 1. The maximum Gasteiger partial charge on any atom is 0.236 e. The van der Waals surface area contributed by atoms with Gasteiger partial charge in [-0.05, 0) is 37.9 Å². The van der Waals surface area contributed by atoms with Crippen LogP contribution in [0.25, 0.3) is 0 Å². The van der Waals surface area contributed by atoms with E-state index in [-0.39, 0.29) is 23.5 Å². The first-order valence-corrected chi connectivity index (χ1v) is 13.3. The zero-order valence-electron chi connectivity index (χ0n) is 19.4. The topological polar surface area (TPSA) is 99.3 Å². The van der Waals surface area contributed by atoms with Crippen molar-refractivity contribution in [2.24, 2.45) is 5.92 Å². The fraction of sp³-hybridized carbons (Fsp3) is 0.652. The van der Waals surface area contributed by atoms with Crippen LogP contribution in [0.15, 0.2) is 30.3 Å². The number of amides is 2. The van der Waals surface area contributed by atoms with Gasteiger partial charge >= 0.3 is 0 Å². The Morgan fingerprint density at radius 3 is 2.33 bits per heavy atom. The highest BCUT2D eigenvalue weighted by molar-refractivity contribution is 7.88. The van der Waals surface area contributed by atoms with Crippen molar-refractivity contribution in [2.45, 2.75) is 25.0 Å². The molecule has 2 saturated heterocycles. The van der Waals surface area contributed by atoms with Gasteiger partial charge in [0.1, 0.15) is 0 Å². The Kier molecular flexibility index (Phi) is 9.66. The molecule has 0 atom stereocenters. The summed E-state index contributed by atoms with van der Waals surface area (Å²) in [6, 6.07) is 9.15. The number of piperazine rings is 1. The van der Waals surface area contributed by atoms with Gasteiger partial charge in [-0.15, -0.1) is 0 Å². The van der Waals surface area contributed by atoms with Gasteiger partial charge in [0.05, 0.1) is 12.3 Å². The summed E-state index contributed by atoms with van der Waals surface area (Å²) in [5.41, 5.74) is 0.767. The van der Waals surface area contributed by atoms with E-state index in [1.165, 1.54) is 4.31 Å². The molecule has 0 aliphatic carbocycles. The van der Waals surface area contributed by atoms with Crippen LogP contribution in [-0.2, 0) is 30.1 Å². The van der Waals surface area contributed by atoms with E-state index in [4.69, 9.17) is 4.74 Å². The Hall–Kier alpha value is -2.01. The molecule has 2 aliphatic heterocycles. The molecule has 1 aromatic rings. The first kappa shape index (κ1) is 25.6. The van der Waals surface area contributed by atoms with Crippen molar-refractivity contribution in [3.8, 4) is 0 Å². The minimum atomic E-state index is -3.40. The number of carbonyl (C=O) groups is 2. The standard InChI is InChI=1S/C23H36N4O5S/c1-32-17-5-10-24-23(29)21-8-11-25(12-9-21)18-22(28)26-13-15-27(16-14-26)33(30,31)19-20-6-3-2-4-7-20/h2-4,6-7,21H,5,8-19H2,1H3,(H,24,29). The van der Waals surface area contributed by atoms with Crippen LogP contribution in [0.1, 0.15) is 24.8 Å². The van der Waals surface area contributed by atoms with E-state index in [0.29, 0.717) is 59.0 Å². The van der Waals surface area contributed by atoms with E-state index in [9.17, 15) is 18.0 Å². The highest BCUT2D eigenvalue weighted by Crippen LogP contribution is 2.18. The molecule has 9 nitrogen and oxygen atoms in total. The third-order valence-corrected chi connectivity index (χ3v) is 8.17. The molecule has 1 aromatic carbocycles. The van der Waals surface area contributed by atoms with Crippen molar-refractivity contribution in [2.75, 3.05) is 66.1 Å². The summed E-state index contributed by atoms with van der Waals surface area (Å²) < 4.78 is 31.9. The maximum absolute atomic E-state index is 12.8. The average molecular weight is 481 g/mol. The molecule has 0 aromatic heterocycles. The molecule has 0 spiro atoms. The summed E-state index contributed by atoms with van der Waals surface area (Å²) in [5.74, 6) is 0.0937. The quantitative estimate of drug-likeness (QED) is 0.491. The smallest absolute Gasteiger partial charge is 0.236 e. The molecule has 33 heavy (non-hydrogen) atoms. The predicted molar refractivity (Wildman–Crippen MR) is 126 cm³/mol. The van der Waals surface area contributed by atoms with Crippen molar-refractivity contribution in [3.63, 3.8) is 0 Å². The molecular formula is C23H36N4O5S. The van der Waals surface area contributed by atoms with Crippen LogP contribution in [0.4, 0.5) is 0 Å². The number of rotatable bonds is 10. The molecule has 184 valence electrons. The number of hydrogen-bond donors (Lipinski definition) is 1. The van der Waals surface area contributed by atoms with Gasteiger partial charge in [-0.3, -0.25) is 14.5 Å². The number of hydrogen-bond acceptors (Lipinski definition) is 6. The first-order valence-electron chi connectivity index (χ1n) is 11.7. The molecule has 2 heterocycles. The lowest BCUT2D eigenvalue weighted by Crippen LogP contribution is -2.53. The van der Waals surface area contributed by atoms with Crippen molar-refractivity contribution < 1.29 is 22.7 Å². The summed E-state index contributed by atoms with van der Waals surface area (Å²) in [5, 5.41) is 2.96. The van der Waals surface area contributed by atoms with E-state index >= 15 is 0 Å². The van der Waals surface area contributed by atoms with Gasteiger partial charge in [-0.2, -0.15) is 4.31 Å². The third kappa shape index (κ3) is 7.77. The summed E-state index contributed by atoms with van der Waals surface area (Å²) in [4.78, 5) is 28.9. The summed E-state index contributed by atoms with van der Waals surface area (Å²) >= 11 is 0. The van der Waals surface area contributed by atoms with Crippen LogP contribution in [0, 0.1) is 5.92 Å². The lowest BCUT2D eigenvalue weighted by molar-refractivity contribution is -0.134. The van der Waals surface area contributed by atoms with Crippen LogP contribution < -0.4 is 5.32 Å². The number of piperidine rings is 1. The van der Waals surface area contributed by atoms with Crippen molar-refractivity contribution in [1.29, 1.82) is 0 Å². The molecule has 10 heteroatoms. The fourth-order valence-corrected chi connectivity index (χ4v) is 5.82. The number of nitrogens with one attached hydrogen (secondary N) is 1. The number of benzene rings is 1. The van der Waals surface area contributed by atoms with Crippen LogP contribution in [0.2, 0.25) is 0 Å². The van der Waals surface area contributed by atoms with Crippen LogP contribution in [-0.4, -0.2) is 100 Å². The molecule has 0 saturated carbocycles. The second-order valence-corrected chi connectivity index (χ2v) is 10.7. The SMILES string of the molecule is COCCCNC(=O)C1CCN(CC(=O)N2CCN(S(=O)(=O)Cc3ccccc3)CC2)CC1. The van der Waals surface area contributed by atoms with Gasteiger partial charge in [-0.1, -0.05) is 30.3 Å². The van der Waals surface area contributed by atoms with E-state index in [2.05, 4.69) is 10.2 Å². The normalized spacial score (nSPS) is 18.9. The second-order valence-electron chi connectivity index (χ2n) is 8.71. The molecule has 1 N–H and O–H groups in total. The van der Waals surface area contributed by atoms with Gasteiger partial charge in [0.25, 0.3) is 0 Å². The van der Waals surface area contributed by atoms with Gasteiger partial charge in [0.15, 0.2) is 0 Å². The highest BCUT2D eigenvalue weighted by atomic mass is 32.2. The number of ether oxygens (including phenoxy) is 1. The summed E-state index contributed by atoms with van der Waals surface area (Å²) in [6.45, 7) is 4.48. The first-order chi connectivity index (χ1) is 15.9. The van der Waals surface area contributed by atoms with Crippen LogP contribution >= 0.6 is 0 Å². The lowest BCUT2D eigenvalue weighted by atomic mass is 9.96. The molecule has 3 rings (SSSR count). The van der Waals surface area contributed by atoms with E-state index in [1.807, 2.05) is 30.3 Å². The molecule has 0 unspecified atom stereocenters. The Balaban J connectivity index is 1.37. The Morgan fingerprint density at radius 1 is 1.03 bits per heavy atom. The highest BCUT2D eigenvalue weighted by Gasteiger charge is 2.31.